The molecular formula is C15H20N4O5S. The number of hydrogen-bond donors (Lipinski definition) is 1. The van der Waals surface area contributed by atoms with Crippen molar-refractivity contribution in [3.05, 3.63) is 30.0 Å². The van der Waals surface area contributed by atoms with E-state index in [0.29, 0.717) is 18.5 Å². The van der Waals surface area contributed by atoms with Crippen LogP contribution in [0.3, 0.4) is 0 Å². The Balaban J connectivity index is 1.72. The molecule has 136 valence electrons. The molecule has 1 aliphatic rings. The third-order valence-corrected chi connectivity index (χ3v) is 6.23. The Morgan fingerprint density at radius 3 is 2.60 bits per heavy atom. The van der Waals surface area contributed by atoms with Crippen molar-refractivity contribution in [1.29, 1.82) is 0 Å². The summed E-state index contributed by atoms with van der Waals surface area (Å²) in [6.07, 6.45) is 5.12. The summed E-state index contributed by atoms with van der Waals surface area (Å²) in [6.45, 7) is 4.46. The van der Waals surface area contributed by atoms with Crippen LogP contribution < -0.4 is 0 Å². The predicted octanol–water partition coefficient (Wildman–Crippen LogP) is 1.72. The largest absolute Gasteiger partial charge is 0.478 e. The lowest BCUT2D eigenvalue weighted by Crippen LogP contribution is -2.38. The summed E-state index contributed by atoms with van der Waals surface area (Å²) >= 11 is 0. The molecule has 1 fully saturated rings. The topological polar surface area (TPSA) is 119 Å². The van der Waals surface area contributed by atoms with Crippen LogP contribution in [0.5, 0.6) is 0 Å². The Hall–Kier alpha value is -2.20. The van der Waals surface area contributed by atoms with Gasteiger partial charge in [-0.15, -0.1) is 0 Å². The summed E-state index contributed by atoms with van der Waals surface area (Å²) < 4.78 is 33.3. The number of aromatic carboxylic acids is 1. The Labute approximate surface area is 145 Å². The van der Waals surface area contributed by atoms with Crippen LogP contribution in [0.25, 0.3) is 0 Å². The zero-order valence-corrected chi connectivity index (χ0v) is 14.8. The van der Waals surface area contributed by atoms with Crippen molar-refractivity contribution in [2.24, 2.45) is 0 Å². The second-order valence-electron chi connectivity index (χ2n) is 6.35. The van der Waals surface area contributed by atoms with Crippen molar-refractivity contribution >= 4 is 16.0 Å². The summed E-state index contributed by atoms with van der Waals surface area (Å²) in [5.74, 6) is -1.23. The van der Waals surface area contributed by atoms with Gasteiger partial charge in [-0.05, 0) is 26.7 Å². The van der Waals surface area contributed by atoms with E-state index in [1.54, 1.807) is 4.57 Å². The summed E-state index contributed by atoms with van der Waals surface area (Å²) in [7, 11) is -3.65. The van der Waals surface area contributed by atoms with Crippen molar-refractivity contribution in [2.75, 3.05) is 13.1 Å². The molecule has 25 heavy (non-hydrogen) atoms. The minimum absolute atomic E-state index is 0.0345. The number of imidazole rings is 1. The number of sulfonamides is 1. The molecule has 0 aliphatic carbocycles. The van der Waals surface area contributed by atoms with Crippen molar-refractivity contribution in [3.8, 4) is 0 Å². The zero-order valence-electron chi connectivity index (χ0n) is 14.0. The molecule has 0 bridgehead atoms. The number of hydrogen-bond acceptors (Lipinski definition) is 6. The number of nitrogens with zero attached hydrogens (tertiary/aromatic N) is 4. The first-order chi connectivity index (χ1) is 11.8. The van der Waals surface area contributed by atoms with E-state index in [1.165, 1.54) is 16.8 Å². The second-order valence-corrected chi connectivity index (χ2v) is 8.23. The molecule has 1 saturated heterocycles. The molecule has 0 unspecified atom stereocenters. The lowest BCUT2D eigenvalue weighted by molar-refractivity contribution is 0.0694. The monoisotopic (exact) mass is 368 g/mol. The van der Waals surface area contributed by atoms with Crippen LogP contribution in [0, 0.1) is 0 Å². The molecule has 0 radical (unpaired) electrons. The fourth-order valence-electron chi connectivity index (χ4n) is 2.94. The van der Waals surface area contributed by atoms with Gasteiger partial charge < -0.3 is 14.2 Å². The zero-order chi connectivity index (χ0) is 18.2. The maximum absolute atomic E-state index is 12.7. The Morgan fingerprint density at radius 1 is 1.36 bits per heavy atom. The van der Waals surface area contributed by atoms with Crippen molar-refractivity contribution in [2.45, 2.75) is 43.7 Å². The third kappa shape index (κ3) is 3.31. The van der Waals surface area contributed by atoms with E-state index in [4.69, 9.17) is 9.63 Å². The first-order valence-electron chi connectivity index (χ1n) is 8.02. The maximum Gasteiger partial charge on any atom is 0.340 e. The van der Waals surface area contributed by atoms with Crippen LogP contribution in [-0.4, -0.2) is 51.6 Å². The average molecular weight is 368 g/mol. The smallest absolute Gasteiger partial charge is 0.340 e. The normalized spacial score (nSPS) is 17.2. The Morgan fingerprint density at radius 2 is 2.04 bits per heavy atom. The highest BCUT2D eigenvalue weighted by atomic mass is 32.2. The van der Waals surface area contributed by atoms with Gasteiger partial charge in [-0.2, -0.15) is 4.31 Å². The van der Waals surface area contributed by atoms with E-state index in [0.717, 1.165) is 6.26 Å². The van der Waals surface area contributed by atoms with Gasteiger partial charge in [0.25, 0.3) is 10.0 Å². The van der Waals surface area contributed by atoms with Crippen LogP contribution in [0.2, 0.25) is 0 Å². The highest BCUT2D eigenvalue weighted by Gasteiger charge is 2.34. The minimum Gasteiger partial charge on any atom is -0.478 e. The first kappa shape index (κ1) is 17.6. The molecule has 1 aliphatic heterocycles. The Bertz CT molecular complexity index is 862. The highest BCUT2D eigenvalue weighted by Crippen LogP contribution is 2.31. The predicted molar refractivity (Wildman–Crippen MR) is 86.8 cm³/mol. The van der Waals surface area contributed by atoms with Gasteiger partial charge in [0, 0.05) is 31.2 Å². The molecule has 2 aromatic heterocycles. The molecule has 9 nitrogen and oxygen atoms in total. The highest BCUT2D eigenvalue weighted by molar-refractivity contribution is 7.89. The van der Waals surface area contributed by atoms with Gasteiger partial charge in [-0.25, -0.2) is 18.2 Å². The fourth-order valence-corrected chi connectivity index (χ4v) is 4.33. The SMILES string of the molecule is CC(C)n1cnc(S(=O)(=O)N2CCC(c3nocc3C(=O)O)CC2)c1. The summed E-state index contributed by atoms with van der Waals surface area (Å²) in [4.78, 5) is 15.2. The van der Waals surface area contributed by atoms with Crippen molar-refractivity contribution in [1.82, 2.24) is 19.0 Å². The van der Waals surface area contributed by atoms with Gasteiger partial charge in [-0.1, -0.05) is 5.16 Å². The molecule has 3 heterocycles. The van der Waals surface area contributed by atoms with Gasteiger partial charge in [-0.3, -0.25) is 0 Å². The first-order valence-corrected chi connectivity index (χ1v) is 9.46. The van der Waals surface area contributed by atoms with Gasteiger partial charge in [0.2, 0.25) is 0 Å². The maximum atomic E-state index is 12.7. The van der Waals surface area contributed by atoms with E-state index < -0.39 is 16.0 Å². The molecule has 0 atom stereocenters. The van der Waals surface area contributed by atoms with Gasteiger partial charge in [0.1, 0.15) is 17.5 Å². The number of aromatic nitrogens is 3. The van der Waals surface area contributed by atoms with E-state index in [2.05, 4.69) is 10.1 Å². The number of carbonyl (C=O) groups is 1. The van der Waals surface area contributed by atoms with E-state index in [1.807, 2.05) is 13.8 Å². The van der Waals surface area contributed by atoms with Crippen LogP contribution in [0.1, 0.15) is 54.7 Å². The van der Waals surface area contributed by atoms with Crippen molar-refractivity contribution in [3.63, 3.8) is 0 Å². The van der Waals surface area contributed by atoms with Crippen LogP contribution in [0.4, 0.5) is 0 Å². The van der Waals surface area contributed by atoms with Gasteiger partial charge in [0.05, 0.1) is 6.33 Å². The molecule has 0 aromatic carbocycles. The lowest BCUT2D eigenvalue weighted by Gasteiger charge is -2.29. The van der Waals surface area contributed by atoms with Crippen LogP contribution in [0.15, 0.2) is 28.3 Å². The van der Waals surface area contributed by atoms with Crippen LogP contribution >= 0.6 is 0 Å². The standard InChI is InChI=1S/C15H20N4O5S/c1-10(2)18-7-13(16-9-18)25(22,23)19-5-3-11(4-6-19)14-12(15(20)21)8-24-17-14/h7-11H,3-6H2,1-2H3,(H,20,21). The van der Waals surface area contributed by atoms with E-state index >= 15 is 0 Å². The molecule has 2 aromatic rings. The third-order valence-electron chi connectivity index (χ3n) is 4.45. The number of carboxylic acids is 1. The van der Waals surface area contributed by atoms with E-state index in [-0.39, 0.29) is 35.6 Å². The summed E-state index contributed by atoms with van der Waals surface area (Å²) in [5.41, 5.74) is 0.422. The lowest BCUT2D eigenvalue weighted by atomic mass is 9.92. The molecule has 0 amide bonds. The fraction of sp³-hybridized carbons (Fsp3) is 0.533. The number of rotatable bonds is 5. The van der Waals surface area contributed by atoms with Gasteiger partial charge in [0.15, 0.2) is 5.03 Å². The molecule has 0 saturated carbocycles. The molecule has 10 heteroatoms. The molecule has 0 spiro atoms. The second kappa shape index (κ2) is 6.60. The molecule has 3 rings (SSSR count). The number of piperidine rings is 1. The molecular weight excluding hydrogens is 348 g/mol. The molecule has 1 N–H and O–H groups in total. The van der Waals surface area contributed by atoms with Crippen molar-refractivity contribution < 1.29 is 22.8 Å². The summed E-state index contributed by atoms with van der Waals surface area (Å²) in [5, 5.41) is 13.0. The average Bonchev–Trinajstić information content (AvgIpc) is 3.24. The van der Waals surface area contributed by atoms with Gasteiger partial charge >= 0.3 is 5.97 Å². The Kier molecular flexibility index (Phi) is 4.65. The summed E-state index contributed by atoms with van der Waals surface area (Å²) in [6, 6.07) is 0.129. The van der Waals surface area contributed by atoms with E-state index in [9.17, 15) is 13.2 Å². The number of carboxylic acid groups (broad SMARTS) is 1. The minimum atomic E-state index is -3.65. The van der Waals surface area contributed by atoms with Crippen LogP contribution in [-0.2, 0) is 10.0 Å². The quantitative estimate of drug-likeness (QED) is 0.853.